The second kappa shape index (κ2) is 12.6. The first kappa shape index (κ1) is 21.5. The van der Waals surface area contributed by atoms with Crippen LogP contribution in [0.1, 0.15) is 82.6 Å². The zero-order chi connectivity index (χ0) is 19.3. The molecule has 0 saturated heterocycles. The highest BCUT2D eigenvalue weighted by Gasteiger charge is 2.13. The molecule has 0 heterocycles. The Bertz CT molecular complexity index is 569. The van der Waals surface area contributed by atoms with E-state index in [1.807, 2.05) is 6.07 Å². The summed E-state index contributed by atoms with van der Waals surface area (Å²) in [6.07, 6.45) is 21.9. The number of aryl methyl sites for hydroxylation is 1. The monoisotopic (exact) mass is 371 g/mol. The molecule has 0 unspecified atom stereocenters. The maximum Gasteiger partial charge on any atom is 0.217 e. The molecule has 0 bridgehead atoms. The van der Waals surface area contributed by atoms with Gasteiger partial charge in [0, 0.05) is 6.42 Å². The van der Waals surface area contributed by atoms with Gasteiger partial charge >= 0.3 is 0 Å². The largest absolute Gasteiger partial charge is 0.508 e. The van der Waals surface area contributed by atoms with E-state index in [0.29, 0.717) is 6.42 Å². The Morgan fingerprint density at radius 2 is 1.70 bits per heavy atom. The van der Waals surface area contributed by atoms with Gasteiger partial charge in [0.15, 0.2) is 0 Å². The topological polar surface area (TPSA) is 63.3 Å². The third-order valence-corrected chi connectivity index (χ3v) is 5.91. The predicted octanol–water partition coefficient (Wildman–Crippen LogP) is 5.90. The lowest BCUT2D eigenvalue weighted by molar-refractivity contribution is -0.117. The second-order valence-corrected chi connectivity index (χ2v) is 8.15. The average molecular weight is 372 g/mol. The summed E-state index contributed by atoms with van der Waals surface area (Å²) >= 11 is 0. The van der Waals surface area contributed by atoms with Gasteiger partial charge in [0.05, 0.1) is 0 Å². The van der Waals surface area contributed by atoms with Gasteiger partial charge in [-0.1, -0.05) is 75.3 Å². The molecule has 3 rings (SSSR count). The predicted molar refractivity (Wildman–Crippen MR) is 113 cm³/mol. The van der Waals surface area contributed by atoms with Gasteiger partial charge in [-0.05, 0) is 55.6 Å². The van der Waals surface area contributed by atoms with Gasteiger partial charge in [-0.2, -0.15) is 0 Å². The molecule has 3 nitrogen and oxygen atoms in total. The number of benzene rings is 1. The molecule has 0 spiro atoms. The fourth-order valence-corrected chi connectivity index (χ4v) is 4.23. The van der Waals surface area contributed by atoms with Crippen LogP contribution < -0.4 is 5.73 Å². The van der Waals surface area contributed by atoms with Crippen LogP contribution in [-0.2, 0) is 11.2 Å². The van der Waals surface area contributed by atoms with Crippen LogP contribution in [0.3, 0.4) is 0 Å². The van der Waals surface area contributed by atoms with Crippen molar-refractivity contribution in [2.75, 3.05) is 0 Å². The lowest BCUT2D eigenvalue weighted by Crippen LogP contribution is -2.11. The average Bonchev–Trinajstić information content (AvgIpc) is 3.19. The van der Waals surface area contributed by atoms with E-state index in [0.717, 1.165) is 17.4 Å². The molecule has 1 amide bonds. The summed E-state index contributed by atoms with van der Waals surface area (Å²) in [6, 6.07) is 6.92. The van der Waals surface area contributed by atoms with Crippen LogP contribution in [0.15, 0.2) is 36.4 Å². The van der Waals surface area contributed by atoms with E-state index in [2.05, 4.69) is 12.2 Å². The van der Waals surface area contributed by atoms with Crippen molar-refractivity contribution in [3.8, 4) is 5.75 Å². The first-order chi connectivity index (χ1) is 13.1. The van der Waals surface area contributed by atoms with Crippen LogP contribution in [0.25, 0.3) is 0 Å². The Labute approximate surface area is 165 Å². The number of amides is 1. The van der Waals surface area contributed by atoms with Crippen molar-refractivity contribution in [1.82, 2.24) is 0 Å². The van der Waals surface area contributed by atoms with E-state index in [4.69, 9.17) is 5.73 Å². The van der Waals surface area contributed by atoms with Crippen molar-refractivity contribution in [2.45, 2.75) is 83.5 Å². The highest BCUT2D eigenvalue weighted by molar-refractivity contribution is 5.74. The summed E-state index contributed by atoms with van der Waals surface area (Å²) in [6.45, 7) is 0. The molecule has 150 valence electrons. The Balaban J connectivity index is 0.000000199. The number of primary amides is 1. The van der Waals surface area contributed by atoms with Gasteiger partial charge in [0.25, 0.3) is 0 Å². The minimum atomic E-state index is -0.349. The molecule has 2 aliphatic carbocycles. The summed E-state index contributed by atoms with van der Waals surface area (Å²) in [5, 5.41) is 9.27. The van der Waals surface area contributed by atoms with Crippen LogP contribution >= 0.6 is 0 Å². The van der Waals surface area contributed by atoms with Gasteiger partial charge in [-0.25, -0.2) is 0 Å². The van der Waals surface area contributed by atoms with Crippen LogP contribution in [0.2, 0.25) is 0 Å². The third kappa shape index (κ3) is 9.12. The summed E-state index contributed by atoms with van der Waals surface area (Å²) in [5.74, 6) is 1.88. The SMILES string of the molecule is C(=C\C1CCCC1)/CCC1CCCCC1.NC(=O)CCc1ccccc1O. The molecular weight excluding hydrogens is 334 g/mol. The van der Waals surface area contributed by atoms with Crippen molar-refractivity contribution in [3.05, 3.63) is 42.0 Å². The van der Waals surface area contributed by atoms with Crippen molar-refractivity contribution in [1.29, 1.82) is 0 Å². The lowest BCUT2D eigenvalue weighted by Gasteiger charge is -2.20. The van der Waals surface area contributed by atoms with Crippen molar-refractivity contribution < 1.29 is 9.90 Å². The molecule has 3 heteroatoms. The summed E-state index contributed by atoms with van der Waals surface area (Å²) < 4.78 is 0. The molecule has 1 aromatic carbocycles. The maximum absolute atomic E-state index is 10.4. The Morgan fingerprint density at radius 3 is 2.37 bits per heavy atom. The fraction of sp³-hybridized carbons (Fsp3) is 0.625. The Morgan fingerprint density at radius 1 is 1.04 bits per heavy atom. The van der Waals surface area contributed by atoms with Crippen molar-refractivity contribution in [2.24, 2.45) is 17.6 Å². The number of phenolic OH excluding ortho intramolecular Hbond substituents is 1. The Hall–Kier alpha value is -1.77. The Kier molecular flexibility index (Phi) is 10.0. The number of carbonyl (C=O) groups is 1. The number of hydrogen-bond acceptors (Lipinski definition) is 2. The fourth-order valence-electron chi connectivity index (χ4n) is 4.23. The van der Waals surface area contributed by atoms with Crippen LogP contribution in [-0.4, -0.2) is 11.0 Å². The van der Waals surface area contributed by atoms with Crippen LogP contribution in [0.4, 0.5) is 0 Å². The number of rotatable bonds is 7. The van der Waals surface area contributed by atoms with E-state index in [-0.39, 0.29) is 18.1 Å². The van der Waals surface area contributed by atoms with Crippen molar-refractivity contribution >= 4 is 5.91 Å². The highest BCUT2D eigenvalue weighted by atomic mass is 16.3. The first-order valence-corrected chi connectivity index (χ1v) is 10.9. The smallest absolute Gasteiger partial charge is 0.217 e. The molecule has 27 heavy (non-hydrogen) atoms. The molecule has 1 aromatic rings. The van der Waals surface area contributed by atoms with Gasteiger partial charge in [0.1, 0.15) is 5.75 Å². The molecule has 0 aromatic heterocycles. The molecule has 2 fully saturated rings. The lowest BCUT2D eigenvalue weighted by atomic mass is 9.86. The normalized spacial score (nSPS) is 18.4. The molecule has 0 radical (unpaired) electrons. The number of nitrogens with two attached hydrogens (primary N) is 1. The van der Waals surface area contributed by atoms with E-state index >= 15 is 0 Å². The number of carbonyl (C=O) groups excluding carboxylic acids is 1. The molecule has 2 saturated carbocycles. The summed E-state index contributed by atoms with van der Waals surface area (Å²) in [4.78, 5) is 10.4. The maximum atomic E-state index is 10.4. The zero-order valence-electron chi connectivity index (χ0n) is 16.7. The summed E-state index contributed by atoms with van der Waals surface area (Å²) in [5.41, 5.74) is 5.73. The number of allylic oxidation sites excluding steroid dienone is 2. The second-order valence-electron chi connectivity index (χ2n) is 8.15. The van der Waals surface area contributed by atoms with Gasteiger partial charge in [-0.15, -0.1) is 0 Å². The standard InChI is InChI=1S/C15H26.C9H11NO2/c1-2-8-14(9-3-1)10-4-5-11-15-12-6-7-13-15;10-9(12)6-5-7-3-1-2-4-8(7)11/h5,11,14-15H,1-4,6-10,12-13H2;1-4,11H,5-6H2,(H2,10,12)/b11-5+;. The minimum Gasteiger partial charge on any atom is -0.508 e. The van der Waals surface area contributed by atoms with Crippen LogP contribution in [0.5, 0.6) is 5.75 Å². The number of para-hydroxylation sites is 1. The molecule has 0 aliphatic heterocycles. The van der Waals surface area contributed by atoms with Crippen LogP contribution in [0, 0.1) is 11.8 Å². The summed E-state index contributed by atoms with van der Waals surface area (Å²) in [7, 11) is 0. The minimum absolute atomic E-state index is 0.221. The van der Waals surface area contributed by atoms with E-state index in [9.17, 15) is 9.90 Å². The zero-order valence-corrected chi connectivity index (χ0v) is 16.7. The first-order valence-electron chi connectivity index (χ1n) is 10.9. The molecular formula is C24H37NO2. The number of phenols is 1. The van der Waals surface area contributed by atoms with Crippen molar-refractivity contribution in [3.63, 3.8) is 0 Å². The molecule has 2 aliphatic rings. The van der Waals surface area contributed by atoms with E-state index < -0.39 is 0 Å². The van der Waals surface area contributed by atoms with E-state index in [1.54, 1.807) is 18.2 Å². The molecule has 0 atom stereocenters. The van der Waals surface area contributed by atoms with Gasteiger partial charge in [0.2, 0.25) is 5.91 Å². The van der Waals surface area contributed by atoms with E-state index in [1.165, 1.54) is 70.6 Å². The molecule has 3 N–H and O–H groups in total. The highest BCUT2D eigenvalue weighted by Crippen LogP contribution is 2.28. The van der Waals surface area contributed by atoms with Gasteiger partial charge in [-0.3, -0.25) is 4.79 Å². The third-order valence-electron chi connectivity index (χ3n) is 5.91. The van der Waals surface area contributed by atoms with Gasteiger partial charge < -0.3 is 10.8 Å². The number of aromatic hydroxyl groups is 1. The quantitative estimate of drug-likeness (QED) is 0.586. The number of hydrogen-bond donors (Lipinski definition) is 2.